The molecule has 0 atom stereocenters. The lowest BCUT2D eigenvalue weighted by Gasteiger charge is -2.24. The lowest BCUT2D eigenvalue weighted by Crippen LogP contribution is -2.28. The maximum atomic E-state index is 12.7. The molecule has 0 unspecified atom stereocenters. The second kappa shape index (κ2) is 10.2. The van der Waals surface area contributed by atoms with E-state index in [1.165, 1.54) is 24.0 Å². The third-order valence-electron chi connectivity index (χ3n) is 4.24. The Morgan fingerprint density at radius 3 is 2.66 bits per heavy atom. The van der Waals surface area contributed by atoms with Gasteiger partial charge in [-0.05, 0) is 32.2 Å². The third-order valence-corrected chi connectivity index (χ3v) is 4.80. The van der Waals surface area contributed by atoms with Gasteiger partial charge in [0.05, 0.1) is 11.3 Å². The highest BCUT2D eigenvalue weighted by molar-refractivity contribution is 7.98. The molecule has 3 rings (SSSR count). The van der Waals surface area contributed by atoms with E-state index in [4.69, 9.17) is 4.74 Å². The number of carbonyl (C=O) groups excluding carboxylic acids is 1. The number of ether oxygens (including phenoxy) is 1. The summed E-state index contributed by atoms with van der Waals surface area (Å²) in [6, 6.07) is 1.17. The van der Waals surface area contributed by atoms with Gasteiger partial charge in [0.25, 0.3) is 0 Å². The van der Waals surface area contributed by atoms with E-state index >= 15 is 0 Å². The van der Waals surface area contributed by atoms with Gasteiger partial charge in [0.1, 0.15) is 0 Å². The van der Waals surface area contributed by atoms with Crippen LogP contribution in [0.5, 0.6) is 5.88 Å². The first-order chi connectivity index (χ1) is 13.4. The summed E-state index contributed by atoms with van der Waals surface area (Å²) >= 11 is 1.38. The summed E-state index contributed by atoms with van der Waals surface area (Å²) in [5, 5.41) is 3.83. The van der Waals surface area contributed by atoms with Gasteiger partial charge in [-0.3, -0.25) is 4.79 Å². The number of nitrogens with zero attached hydrogens (tertiary/aromatic N) is 4. The number of hydrogen-bond donors (Lipinski definition) is 1. The van der Waals surface area contributed by atoms with Crippen LogP contribution in [0, 0.1) is 0 Å². The predicted molar refractivity (Wildman–Crippen MR) is 103 cm³/mol. The molecule has 1 N–H and O–H groups in total. The van der Waals surface area contributed by atoms with Crippen LogP contribution in [0.15, 0.2) is 23.6 Å². The van der Waals surface area contributed by atoms with Gasteiger partial charge in [-0.25, -0.2) is 15.0 Å². The second-order valence-electron chi connectivity index (χ2n) is 6.11. The molecule has 1 aliphatic heterocycles. The fourth-order valence-electron chi connectivity index (χ4n) is 2.87. The van der Waals surface area contributed by atoms with Gasteiger partial charge in [-0.15, -0.1) is 12.4 Å². The van der Waals surface area contributed by atoms with Crippen LogP contribution in [0.3, 0.4) is 0 Å². The average Bonchev–Trinajstić information content (AvgIpc) is 2.72. The molecule has 3 heterocycles. The summed E-state index contributed by atoms with van der Waals surface area (Å²) < 4.78 is 43.3. The SMILES string of the molecule is CSc1ncc(C(=O)COc2ccnc(C(F)(F)F)n2)c(C2CCNCC2)n1.Cl. The van der Waals surface area contributed by atoms with E-state index in [9.17, 15) is 18.0 Å². The fourth-order valence-corrected chi connectivity index (χ4v) is 3.22. The zero-order chi connectivity index (χ0) is 20.1. The highest BCUT2D eigenvalue weighted by Gasteiger charge is 2.35. The highest BCUT2D eigenvalue weighted by atomic mass is 35.5. The Hall–Kier alpha value is -1.98. The highest BCUT2D eigenvalue weighted by Crippen LogP contribution is 2.29. The van der Waals surface area contributed by atoms with Crippen LogP contribution < -0.4 is 10.1 Å². The first kappa shape index (κ1) is 23.3. The second-order valence-corrected chi connectivity index (χ2v) is 6.88. The van der Waals surface area contributed by atoms with E-state index in [0.717, 1.165) is 32.1 Å². The molecule has 0 spiro atoms. The van der Waals surface area contributed by atoms with Crippen molar-refractivity contribution >= 4 is 30.0 Å². The minimum absolute atomic E-state index is 0. The van der Waals surface area contributed by atoms with Crippen LogP contribution in [0.1, 0.15) is 40.6 Å². The van der Waals surface area contributed by atoms with Crippen LogP contribution in [0.2, 0.25) is 0 Å². The lowest BCUT2D eigenvalue weighted by molar-refractivity contribution is -0.145. The zero-order valence-corrected chi connectivity index (χ0v) is 17.0. The Kier molecular flexibility index (Phi) is 8.17. The molecule has 2 aromatic rings. The number of aromatic nitrogens is 4. The van der Waals surface area contributed by atoms with Crippen molar-refractivity contribution in [2.24, 2.45) is 0 Å². The van der Waals surface area contributed by atoms with Crippen LogP contribution in [0.4, 0.5) is 13.2 Å². The normalized spacial score (nSPS) is 14.9. The van der Waals surface area contributed by atoms with Gasteiger partial charge >= 0.3 is 6.18 Å². The number of thioether (sulfide) groups is 1. The number of ketones is 1. The Morgan fingerprint density at radius 1 is 1.28 bits per heavy atom. The number of rotatable bonds is 6. The minimum atomic E-state index is -4.69. The summed E-state index contributed by atoms with van der Waals surface area (Å²) in [6.07, 6.45) is 1.24. The van der Waals surface area contributed by atoms with Crippen molar-refractivity contribution in [3.8, 4) is 5.88 Å². The number of alkyl halides is 3. The maximum absolute atomic E-state index is 12.7. The number of nitrogens with one attached hydrogen (secondary N) is 1. The van der Waals surface area contributed by atoms with Crippen LogP contribution >= 0.6 is 24.2 Å². The molecule has 1 aliphatic rings. The van der Waals surface area contributed by atoms with Gasteiger partial charge in [0, 0.05) is 24.4 Å². The third kappa shape index (κ3) is 6.00. The molecule has 7 nitrogen and oxygen atoms in total. The maximum Gasteiger partial charge on any atom is 0.451 e. The van der Waals surface area contributed by atoms with Gasteiger partial charge in [-0.1, -0.05) is 11.8 Å². The molecule has 0 aliphatic carbocycles. The van der Waals surface area contributed by atoms with Crippen LogP contribution in [-0.4, -0.2) is 51.7 Å². The first-order valence-electron chi connectivity index (χ1n) is 8.56. The van der Waals surface area contributed by atoms with Crippen molar-refractivity contribution < 1.29 is 22.7 Å². The summed E-state index contributed by atoms with van der Waals surface area (Å²) in [7, 11) is 0. The summed E-state index contributed by atoms with van der Waals surface area (Å²) in [5.41, 5.74) is 0.989. The first-order valence-corrected chi connectivity index (χ1v) is 9.79. The molecule has 0 saturated carbocycles. The van der Waals surface area contributed by atoms with Crippen LogP contribution in [0.25, 0.3) is 0 Å². The molecule has 1 fully saturated rings. The number of hydrogen-bond acceptors (Lipinski definition) is 8. The zero-order valence-electron chi connectivity index (χ0n) is 15.4. The van der Waals surface area contributed by atoms with Gasteiger partial charge < -0.3 is 10.1 Å². The predicted octanol–water partition coefficient (Wildman–Crippen LogP) is 3.16. The Morgan fingerprint density at radius 2 is 2.00 bits per heavy atom. The van der Waals surface area contributed by atoms with Crippen LogP contribution in [-0.2, 0) is 6.18 Å². The van der Waals surface area contributed by atoms with Crippen molar-refractivity contribution in [1.29, 1.82) is 0 Å². The molecule has 0 radical (unpaired) electrons. The fraction of sp³-hybridized carbons (Fsp3) is 0.471. The molecule has 158 valence electrons. The smallest absolute Gasteiger partial charge is 0.451 e. The number of carbonyl (C=O) groups is 1. The molecule has 0 aromatic carbocycles. The molecule has 1 saturated heterocycles. The minimum Gasteiger partial charge on any atom is -0.469 e. The number of halogens is 4. The van der Waals surface area contributed by atoms with E-state index in [0.29, 0.717) is 16.4 Å². The van der Waals surface area contributed by atoms with E-state index < -0.39 is 24.4 Å². The number of piperidine rings is 1. The molecular weight excluding hydrogens is 431 g/mol. The topological polar surface area (TPSA) is 89.9 Å². The molecule has 12 heteroatoms. The summed E-state index contributed by atoms with van der Waals surface area (Å²) in [6.45, 7) is 1.19. The van der Waals surface area contributed by atoms with E-state index in [1.807, 2.05) is 6.26 Å². The van der Waals surface area contributed by atoms with Crippen molar-refractivity contribution in [3.63, 3.8) is 0 Å². The van der Waals surface area contributed by atoms with Crippen molar-refractivity contribution in [3.05, 3.63) is 35.5 Å². The molecule has 2 aromatic heterocycles. The molecule has 0 bridgehead atoms. The van der Waals surface area contributed by atoms with Gasteiger partial charge in [-0.2, -0.15) is 18.2 Å². The molecule has 0 amide bonds. The standard InChI is InChI=1S/C17H18F3N5O2S.ClH/c1-28-16-23-8-11(14(25-16)10-2-5-21-6-3-10)12(26)9-27-13-4-7-22-15(24-13)17(18,19)20;/h4,7-8,10,21H,2-3,5-6,9H2,1H3;1H. The quantitative estimate of drug-likeness (QED) is 0.408. The number of Topliss-reactive ketones (excluding diaryl/α,β-unsaturated/α-hetero) is 1. The van der Waals surface area contributed by atoms with Crippen molar-refractivity contribution in [2.45, 2.75) is 30.1 Å². The largest absolute Gasteiger partial charge is 0.469 e. The van der Waals surface area contributed by atoms with Gasteiger partial charge in [0.2, 0.25) is 17.5 Å². The summed E-state index contributed by atoms with van der Waals surface area (Å²) in [4.78, 5) is 27.8. The monoisotopic (exact) mass is 449 g/mol. The van der Waals surface area contributed by atoms with Gasteiger partial charge in [0.15, 0.2) is 11.8 Å². The summed E-state index contributed by atoms with van der Waals surface area (Å²) in [5.74, 6) is -1.93. The Balaban J connectivity index is 0.00000300. The van der Waals surface area contributed by atoms with E-state index in [-0.39, 0.29) is 24.2 Å². The van der Waals surface area contributed by atoms with Crippen molar-refractivity contribution in [2.75, 3.05) is 26.0 Å². The lowest BCUT2D eigenvalue weighted by atomic mass is 9.91. The van der Waals surface area contributed by atoms with Crippen molar-refractivity contribution in [1.82, 2.24) is 25.3 Å². The van der Waals surface area contributed by atoms with E-state index in [2.05, 4.69) is 25.3 Å². The Labute approximate surface area is 175 Å². The Bertz CT molecular complexity index is 850. The molecule has 29 heavy (non-hydrogen) atoms. The van der Waals surface area contributed by atoms with E-state index in [1.54, 1.807) is 0 Å². The molecular formula is C17H19ClF3N5O2S. The average molecular weight is 450 g/mol.